The van der Waals surface area contributed by atoms with Gasteiger partial charge in [-0.3, -0.25) is 19.3 Å². The lowest BCUT2D eigenvalue weighted by molar-refractivity contribution is -0.132. The Bertz CT molecular complexity index is 720. The Morgan fingerprint density at radius 1 is 0.963 bits per heavy atom. The number of fused-ring (bicyclic) bond motifs is 1. The number of hydrogen-bond acceptors (Lipinski definition) is 5. The highest BCUT2D eigenvalue weighted by Crippen LogP contribution is 2.22. The van der Waals surface area contributed by atoms with Crippen molar-refractivity contribution in [3.05, 3.63) is 35.4 Å². The lowest BCUT2D eigenvalue weighted by atomic mass is 10.1. The number of carbonyl (C=O) groups is 4. The highest BCUT2D eigenvalue weighted by Gasteiger charge is 2.34. The fourth-order valence-electron chi connectivity index (χ4n) is 3.34. The van der Waals surface area contributed by atoms with E-state index in [4.69, 9.17) is 4.74 Å². The Kier molecular flexibility index (Phi) is 5.73. The second-order valence-electron chi connectivity index (χ2n) is 6.48. The van der Waals surface area contributed by atoms with Gasteiger partial charge < -0.3 is 14.5 Å². The third-order valence-corrected chi connectivity index (χ3v) is 4.81. The first-order valence-electron chi connectivity index (χ1n) is 9.17. The van der Waals surface area contributed by atoms with Crippen molar-refractivity contribution >= 4 is 23.8 Å². The number of ether oxygens (including phenoxy) is 1. The lowest BCUT2D eigenvalue weighted by Gasteiger charge is -2.34. The Hall–Kier alpha value is -2.90. The van der Waals surface area contributed by atoms with Crippen LogP contribution in [-0.4, -0.2) is 77.8 Å². The number of amides is 4. The van der Waals surface area contributed by atoms with Crippen LogP contribution < -0.4 is 0 Å². The minimum atomic E-state index is -0.352. The molecule has 0 N–H and O–H groups in total. The van der Waals surface area contributed by atoms with Gasteiger partial charge in [0.2, 0.25) is 5.91 Å². The molecule has 8 heteroatoms. The molecule has 0 unspecified atom stereocenters. The van der Waals surface area contributed by atoms with E-state index >= 15 is 0 Å². The Labute approximate surface area is 157 Å². The van der Waals surface area contributed by atoms with Crippen molar-refractivity contribution in [3.63, 3.8) is 0 Å². The molecule has 0 spiro atoms. The van der Waals surface area contributed by atoms with Crippen molar-refractivity contribution in [2.75, 3.05) is 39.3 Å². The van der Waals surface area contributed by atoms with Crippen LogP contribution in [0.15, 0.2) is 24.3 Å². The van der Waals surface area contributed by atoms with Gasteiger partial charge in [-0.2, -0.15) is 0 Å². The molecule has 1 aromatic carbocycles. The Balaban J connectivity index is 1.44. The van der Waals surface area contributed by atoms with Gasteiger partial charge in [0.05, 0.1) is 17.7 Å². The second kappa shape index (κ2) is 8.20. The molecule has 27 heavy (non-hydrogen) atoms. The van der Waals surface area contributed by atoms with Crippen LogP contribution in [0.4, 0.5) is 4.79 Å². The number of piperazine rings is 1. The first-order valence-corrected chi connectivity index (χ1v) is 9.17. The molecule has 0 aliphatic carbocycles. The van der Waals surface area contributed by atoms with E-state index in [1.807, 2.05) is 0 Å². The monoisotopic (exact) mass is 373 g/mol. The van der Waals surface area contributed by atoms with E-state index in [1.165, 1.54) is 4.90 Å². The van der Waals surface area contributed by atoms with Crippen LogP contribution in [0.5, 0.6) is 0 Å². The molecule has 0 atom stereocenters. The van der Waals surface area contributed by atoms with Crippen LogP contribution >= 0.6 is 0 Å². The fraction of sp³-hybridized carbons (Fsp3) is 0.474. The van der Waals surface area contributed by atoms with E-state index in [9.17, 15) is 19.2 Å². The summed E-state index contributed by atoms with van der Waals surface area (Å²) in [4.78, 5) is 53.1. The van der Waals surface area contributed by atoms with Crippen LogP contribution in [0, 0.1) is 0 Å². The molecule has 144 valence electrons. The second-order valence-corrected chi connectivity index (χ2v) is 6.48. The molecule has 0 aromatic heterocycles. The average Bonchev–Trinajstić information content (AvgIpc) is 2.93. The Morgan fingerprint density at radius 3 is 2.07 bits per heavy atom. The van der Waals surface area contributed by atoms with Gasteiger partial charge in [0.1, 0.15) is 0 Å². The smallest absolute Gasteiger partial charge is 0.409 e. The first-order chi connectivity index (χ1) is 13.0. The molecular weight excluding hydrogens is 350 g/mol. The Morgan fingerprint density at radius 2 is 1.52 bits per heavy atom. The summed E-state index contributed by atoms with van der Waals surface area (Å²) < 4.78 is 4.96. The summed E-state index contributed by atoms with van der Waals surface area (Å²) in [5.74, 6) is -0.632. The van der Waals surface area contributed by atoms with Gasteiger partial charge in [0, 0.05) is 39.1 Å². The molecule has 1 aromatic rings. The summed E-state index contributed by atoms with van der Waals surface area (Å²) in [7, 11) is 0. The van der Waals surface area contributed by atoms with Gasteiger partial charge >= 0.3 is 6.09 Å². The maximum atomic E-state index is 12.4. The van der Waals surface area contributed by atoms with Crippen molar-refractivity contribution in [2.24, 2.45) is 0 Å². The zero-order valence-electron chi connectivity index (χ0n) is 15.3. The van der Waals surface area contributed by atoms with Crippen LogP contribution in [0.1, 0.15) is 40.5 Å². The summed E-state index contributed by atoms with van der Waals surface area (Å²) >= 11 is 0. The maximum Gasteiger partial charge on any atom is 0.409 e. The SMILES string of the molecule is CCOC(=O)N1CCN(C(=O)CCCN2C(=O)c3ccccc3C2=O)CC1. The standard InChI is InChI=1S/C19H23N3O5/c1-2-27-19(26)21-12-10-20(11-13-21)16(23)8-5-9-22-17(24)14-6-3-4-7-15(14)18(22)25/h3-4,6-7H,2,5,8-13H2,1H3. The zero-order chi connectivity index (χ0) is 19.4. The molecule has 3 rings (SSSR count). The first kappa shape index (κ1) is 18.9. The summed E-state index contributed by atoms with van der Waals surface area (Å²) in [5.41, 5.74) is 0.841. The molecule has 2 aliphatic heterocycles. The van der Waals surface area contributed by atoms with Gasteiger partial charge in [0.25, 0.3) is 11.8 Å². The van der Waals surface area contributed by atoms with Crippen LogP contribution in [0.25, 0.3) is 0 Å². The molecular formula is C19H23N3O5. The number of rotatable bonds is 5. The van der Waals surface area contributed by atoms with E-state index in [-0.39, 0.29) is 36.8 Å². The van der Waals surface area contributed by atoms with Gasteiger partial charge in [-0.15, -0.1) is 0 Å². The van der Waals surface area contributed by atoms with E-state index < -0.39 is 0 Å². The van der Waals surface area contributed by atoms with Crippen molar-refractivity contribution < 1.29 is 23.9 Å². The predicted molar refractivity (Wildman–Crippen MR) is 96.2 cm³/mol. The van der Waals surface area contributed by atoms with Crippen molar-refractivity contribution in [2.45, 2.75) is 19.8 Å². The van der Waals surface area contributed by atoms with Crippen molar-refractivity contribution in [3.8, 4) is 0 Å². The van der Waals surface area contributed by atoms with Crippen molar-refractivity contribution in [1.82, 2.24) is 14.7 Å². The average molecular weight is 373 g/mol. The molecule has 0 bridgehead atoms. The largest absolute Gasteiger partial charge is 0.450 e. The minimum Gasteiger partial charge on any atom is -0.450 e. The molecule has 0 radical (unpaired) electrons. The van der Waals surface area contributed by atoms with Crippen LogP contribution in [0.3, 0.4) is 0 Å². The number of benzene rings is 1. The summed E-state index contributed by atoms with van der Waals surface area (Å²) in [6.45, 7) is 4.13. The normalized spacial score (nSPS) is 16.6. The van der Waals surface area contributed by atoms with Crippen LogP contribution in [0.2, 0.25) is 0 Å². The van der Waals surface area contributed by atoms with Crippen molar-refractivity contribution in [1.29, 1.82) is 0 Å². The van der Waals surface area contributed by atoms with E-state index in [0.29, 0.717) is 50.3 Å². The third kappa shape index (κ3) is 3.94. The summed E-state index contributed by atoms with van der Waals surface area (Å²) in [6.07, 6.45) is 0.324. The molecule has 1 saturated heterocycles. The number of carbonyl (C=O) groups excluding carboxylic acids is 4. The zero-order valence-corrected chi connectivity index (χ0v) is 15.3. The van der Waals surface area contributed by atoms with Gasteiger partial charge in [-0.1, -0.05) is 12.1 Å². The van der Waals surface area contributed by atoms with Crippen LogP contribution in [-0.2, 0) is 9.53 Å². The van der Waals surface area contributed by atoms with Gasteiger partial charge in [0.15, 0.2) is 0 Å². The third-order valence-electron chi connectivity index (χ3n) is 4.81. The summed E-state index contributed by atoms with van der Waals surface area (Å²) in [6, 6.07) is 6.74. The molecule has 4 amide bonds. The molecule has 1 fully saturated rings. The maximum absolute atomic E-state index is 12.4. The van der Waals surface area contributed by atoms with Gasteiger partial charge in [-0.05, 0) is 25.5 Å². The minimum absolute atomic E-state index is 0.0323. The van der Waals surface area contributed by atoms with E-state index in [2.05, 4.69) is 0 Å². The number of hydrogen-bond donors (Lipinski definition) is 0. The fourth-order valence-corrected chi connectivity index (χ4v) is 3.34. The number of nitrogens with zero attached hydrogens (tertiary/aromatic N) is 3. The molecule has 2 aliphatic rings. The van der Waals surface area contributed by atoms with Gasteiger partial charge in [-0.25, -0.2) is 4.79 Å². The highest BCUT2D eigenvalue weighted by atomic mass is 16.6. The number of imide groups is 1. The predicted octanol–water partition coefficient (Wildman–Crippen LogP) is 1.36. The molecule has 0 saturated carbocycles. The summed E-state index contributed by atoms with van der Waals surface area (Å²) in [5, 5.41) is 0. The molecule has 8 nitrogen and oxygen atoms in total. The van der Waals surface area contributed by atoms with E-state index in [0.717, 1.165) is 0 Å². The lowest BCUT2D eigenvalue weighted by Crippen LogP contribution is -2.50. The highest BCUT2D eigenvalue weighted by molar-refractivity contribution is 6.21. The topological polar surface area (TPSA) is 87.2 Å². The quantitative estimate of drug-likeness (QED) is 0.728. The van der Waals surface area contributed by atoms with E-state index in [1.54, 1.807) is 41.0 Å². The molecule has 2 heterocycles.